The molecule has 3 nitrogen and oxygen atoms in total. The van der Waals surface area contributed by atoms with Crippen molar-refractivity contribution in [1.29, 1.82) is 0 Å². The standard InChI is InChI=1S/C11H11N3/c1-8-4-3-5-10(9(8)2)11-6-7-12-14-13-11/h3-7H,1-2H3. The van der Waals surface area contributed by atoms with Crippen LogP contribution >= 0.6 is 0 Å². The van der Waals surface area contributed by atoms with Crippen molar-refractivity contribution in [3.05, 3.63) is 41.6 Å². The van der Waals surface area contributed by atoms with Gasteiger partial charge < -0.3 is 0 Å². The molecule has 1 heterocycles. The summed E-state index contributed by atoms with van der Waals surface area (Å²) in [4.78, 5) is 0. The van der Waals surface area contributed by atoms with Gasteiger partial charge in [-0.1, -0.05) is 18.2 Å². The smallest absolute Gasteiger partial charge is 0.0966 e. The maximum atomic E-state index is 3.99. The van der Waals surface area contributed by atoms with Crippen LogP contribution in [0.4, 0.5) is 0 Å². The Morgan fingerprint density at radius 3 is 2.64 bits per heavy atom. The maximum Gasteiger partial charge on any atom is 0.0966 e. The molecule has 0 spiro atoms. The van der Waals surface area contributed by atoms with Gasteiger partial charge in [-0.25, -0.2) is 0 Å². The van der Waals surface area contributed by atoms with Gasteiger partial charge in [0.15, 0.2) is 0 Å². The van der Waals surface area contributed by atoms with Gasteiger partial charge in [0.05, 0.1) is 11.9 Å². The van der Waals surface area contributed by atoms with Gasteiger partial charge in [0.1, 0.15) is 0 Å². The average Bonchev–Trinajstić information content (AvgIpc) is 2.23. The van der Waals surface area contributed by atoms with Crippen LogP contribution in [-0.2, 0) is 0 Å². The van der Waals surface area contributed by atoms with E-state index in [9.17, 15) is 0 Å². The lowest BCUT2D eigenvalue weighted by atomic mass is 10.0. The van der Waals surface area contributed by atoms with Gasteiger partial charge >= 0.3 is 0 Å². The minimum absolute atomic E-state index is 0.876. The Hall–Kier alpha value is -1.77. The van der Waals surface area contributed by atoms with Crippen LogP contribution in [0.1, 0.15) is 11.1 Å². The van der Waals surface area contributed by atoms with Crippen LogP contribution in [0.3, 0.4) is 0 Å². The number of hydrogen-bond acceptors (Lipinski definition) is 3. The Labute approximate surface area is 82.8 Å². The van der Waals surface area contributed by atoms with Crippen LogP contribution < -0.4 is 0 Å². The molecule has 0 N–H and O–H groups in total. The number of rotatable bonds is 1. The Morgan fingerprint density at radius 2 is 1.93 bits per heavy atom. The van der Waals surface area contributed by atoms with Crippen molar-refractivity contribution in [3.8, 4) is 11.3 Å². The Bertz CT molecular complexity index is 438. The third-order valence-electron chi connectivity index (χ3n) is 2.38. The molecule has 0 atom stereocenters. The van der Waals surface area contributed by atoms with E-state index in [1.165, 1.54) is 11.1 Å². The zero-order valence-electron chi connectivity index (χ0n) is 8.23. The van der Waals surface area contributed by atoms with E-state index in [0.717, 1.165) is 11.3 Å². The Kier molecular flexibility index (Phi) is 2.23. The fourth-order valence-electron chi connectivity index (χ4n) is 1.41. The monoisotopic (exact) mass is 185 g/mol. The lowest BCUT2D eigenvalue weighted by Gasteiger charge is -2.05. The molecule has 1 aromatic heterocycles. The first-order chi connectivity index (χ1) is 6.79. The van der Waals surface area contributed by atoms with Gasteiger partial charge in [-0.15, -0.1) is 10.2 Å². The number of aromatic nitrogens is 3. The van der Waals surface area contributed by atoms with Crippen molar-refractivity contribution in [2.45, 2.75) is 13.8 Å². The van der Waals surface area contributed by atoms with Crippen LogP contribution in [0.15, 0.2) is 30.5 Å². The zero-order chi connectivity index (χ0) is 9.97. The van der Waals surface area contributed by atoms with Crippen molar-refractivity contribution < 1.29 is 0 Å². The first-order valence-electron chi connectivity index (χ1n) is 4.50. The van der Waals surface area contributed by atoms with Gasteiger partial charge in [0, 0.05) is 5.56 Å². The summed E-state index contributed by atoms with van der Waals surface area (Å²) in [5.41, 5.74) is 4.51. The molecule has 0 radical (unpaired) electrons. The van der Waals surface area contributed by atoms with Crippen molar-refractivity contribution >= 4 is 0 Å². The highest BCUT2D eigenvalue weighted by Gasteiger charge is 2.04. The van der Waals surface area contributed by atoms with Gasteiger partial charge in [-0.3, -0.25) is 0 Å². The van der Waals surface area contributed by atoms with Crippen molar-refractivity contribution in [3.63, 3.8) is 0 Å². The number of hydrogen-bond donors (Lipinski definition) is 0. The summed E-state index contributed by atoms with van der Waals surface area (Å²) in [7, 11) is 0. The minimum atomic E-state index is 0.876. The van der Waals surface area contributed by atoms with Gasteiger partial charge in [-0.05, 0) is 36.3 Å². The molecule has 2 aromatic rings. The van der Waals surface area contributed by atoms with Crippen molar-refractivity contribution in [2.24, 2.45) is 0 Å². The normalized spacial score (nSPS) is 10.1. The van der Waals surface area contributed by atoms with Gasteiger partial charge in [0.2, 0.25) is 0 Å². The molecule has 1 aromatic carbocycles. The van der Waals surface area contributed by atoms with Crippen molar-refractivity contribution in [2.75, 3.05) is 0 Å². The second-order valence-electron chi connectivity index (χ2n) is 3.25. The average molecular weight is 185 g/mol. The SMILES string of the molecule is Cc1cccc(-c2ccnnn2)c1C. The van der Waals surface area contributed by atoms with E-state index in [1.54, 1.807) is 6.20 Å². The van der Waals surface area contributed by atoms with E-state index in [4.69, 9.17) is 0 Å². The largest absolute Gasteiger partial charge is 0.139 e. The van der Waals surface area contributed by atoms with E-state index in [2.05, 4.69) is 35.3 Å². The molecule has 0 saturated carbocycles. The number of aryl methyl sites for hydroxylation is 1. The highest BCUT2D eigenvalue weighted by Crippen LogP contribution is 2.22. The summed E-state index contributed by atoms with van der Waals surface area (Å²) in [5, 5.41) is 11.3. The van der Waals surface area contributed by atoms with Crippen LogP contribution in [-0.4, -0.2) is 15.4 Å². The van der Waals surface area contributed by atoms with Crippen LogP contribution in [0, 0.1) is 13.8 Å². The van der Waals surface area contributed by atoms with E-state index in [-0.39, 0.29) is 0 Å². The number of nitrogens with zero attached hydrogens (tertiary/aromatic N) is 3. The summed E-state index contributed by atoms with van der Waals surface area (Å²) in [6, 6.07) is 8.04. The van der Waals surface area contributed by atoms with Crippen molar-refractivity contribution in [1.82, 2.24) is 15.4 Å². The highest BCUT2D eigenvalue weighted by molar-refractivity contribution is 5.63. The third-order valence-corrected chi connectivity index (χ3v) is 2.38. The van der Waals surface area contributed by atoms with Gasteiger partial charge in [0.25, 0.3) is 0 Å². The molecule has 0 bridgehead atoms. The predicted molar refractivity (Wildman–Crippen MR) is 54.7 cm³/mol. The van der Waals surface area contributed by atoms with E-state index >= 15 is 0 Å². The molecule has 0 aliphatic rings. The first kappa shape index (κ1) is 8.81. The molecular weight excluding hydrogens is 174 g/mol. The second-order valence-corrected chi connectivity index (χ2v) is 3.25. The third kappa shape index (κ3) is 1.48. The molecule has 0 fully saturated rings. The summed E-state index contributed by atoms with van der Waals surface area (Å²) in [6.07, 6.45) is 1.66. The minimum Gasteiger partial charge on any atom is -0.139 e. The molecule has 14 heavy (non-hydrogen) atoms. The molecule has 70 valence electrons. The Balaban J connectivity index is 2.58. The summed E-state index contributed by atoms with van der Waals surface area (Å²) in [6.45, 7) is 4.18. The molecule has 2 rings (SSSR count). The predicted octanol–water partition coefficient (Wildman–Crippen LogP) is 2.16. The fourth-order valence-corrected chi connectivity index (χ4v) is 1.41. The van der Waals surface area contributed by atoms with E-state index in [0.29, 0.717) is 0 Å². The second kappa shape index (κ2) is 3.54. The first-order valence-corrected chi connectivity index (χ1v) is 4.50. The summed E-state index contributed by atoms with van der Waals surface area (Å²) < 4.78 is 0. The lowest BCUT2D eigenvalue weighted by Crippen LogP contribution is -1.92. The van der Waals surface area contributed by atoms with Crippen LogP contribution in [0.5, 0.6) is 0 Å². The molecule has 3 heteroatoms. The summed E-state index contributed by atoms with van der Waals surface area (Å²) in [5.74, 6) is 0. The molecule has 0 unspecified atom stereocenters. The molecular formula is C11H11N3. The maximum absolute atomic E-state index is 3.99. The highest BCUT2D eigenvalue weighted by atomic mass is 15.3. The molecule has 0 saturated heterocycles. The molecule has 0 aliphatic heterocycles. The van der Waals surface area contributed by atoms with Crippen LogP contribution in [0.2, 0.25) is 0 Å². The topological polar surface area (TPSA) is 38.7 Å². The zero-order valence-corrected chi connectivity index (χ0v) is 8.23. The quantitative estimate of drug-likeness (QED) is 0.683. The molecule has 0 amide bonds. The fraction of sp³-hybridized carbons (Fsp3) is 0.182. The van der Waals surface area contributed by atoms with E-state index < -0.39 is 0 Å². The Morgan fingerprint density at radius 1 is 1.07 bits per heavy atom. The van der Waals surface area contributed by atoms with E-state index in [1.807, 2.05) is 18.2 Å². The lowest BCUT2D eigenvalue weighted by molar-refractivity contribution is 0.870. The van der Waals surface area contributed by atoms with Crippen LogP contribution in [0.25, 0.3) is 11.3 Å². The summed E-state index contributed by atoms with van der Waals surface area (Å²) >= 11 is 0. The van der Waals surface area contributed by atoms with Gasteiger partial charge in [-0.2, -0.15) is 0 Å². The number of benzene rings is 1. The molecule has 0 aliphatic carbocycles.